The molecular weight excluding hydrogens is 462 g/mol. The summed E-state index contributed by atoms with van der Waals surface area (Å²) in [7, 11) is -3.49. The van der Waals surface area contributed by atoms with E-state index < -0.39 is 16.1 Å². The highest BCUT2D eigenvalue weighted by atomic mass is 32.2. The minimum absolute atomic E-state index is 0.136. The van der Waals surface area contributed by atoms with Crippen LogP contribution in [-0.4, -0.2) is 50.0 Å². The van der Waals surface area contributed by atoms with Crippen LogP contribution in [0.1, 0.15) is 57.4 Å². The van der Waals surface area contributed by atoms with Crippen molar-refractivity contribution < 1.29 is 18.0 Å². The Hall–Kier alpha value is -2.87. The topological polar surface area (TPSA) is 86.8 Å². The molecule has 0 bridgehead atoms. The zero-order valence-corrected chi connectivity index (χ0v) is 21.5. The second kappa shape index (κ2) is 12.7. The van der Waals surface area contributed by atoms with Gasteiger partial charge in [0.2, 0.25) is 21.8 Å². The van der Waals surface area contributed by atoms with Crippen LogP contribution in [0.25, 0.3) is 0 Å². The second-order valence-corrected chi connectivity index (χ2v) is 11.2. The molecule has 0 aliphatic heterocycles. The van der Waals surface area contributed by atoms with Gasteiger partial charge >= 0.3 is 0 Å². The molecule has 1 atom stereocenters. The van der Waals surface area contributed by atoms with Gasteiger partial charge in [-0.1, -0.05) is 67.8 Å². The van der Waals surface area contributed by atoms with Gasteiger partial charge in [-0.2, -0.15) is 0 Å². The monoisotopic (exact) mass is 499 g/mol. The molecule has 2 aromatic rings. The molecule has 1 fully saturated rings. The molecule has 0 saturated heterocycles. The van der Waals surface area contributed by atoms with Gasteiger partial charge in [0.1, 0.15) is 6.04 Å². The van der Waals surface area contributed by atoms with Crippen molar-refractivity contribution in [1.82, 2.24) is 10.2 Å². The second-order valence-electron chi connectivity index (χ2n) is 9.30. The zero-order valence-electron chi connectivity index (χ0n) is 20.7. The molecule has 190 valence electrons. The normalized spacial score (nSPS) is 15.3. The number of rotatable bonds is 11. The van der Waals surface area contributed by atoms with Crippen molar-refractivity contribution in [2.45, 2.75) is 70.5 Å². The van der Waals surface area contributed by atoms with Crippen LogP contribution in [0.3, 0.4) is 0 Å². The first kappa shape index (κ1) is 26.7. The highest BCUT2D eigenvalue weighted by Crippen LogP contribution is 2.20. The lowest BCUT2D eigenvalue weighted by molar-refractivity contribution is -0.141. The molecule has 1 N–H and O–H groups in total. The first-order chi connectivity index (χ1) is 16.8. The molecule has 2 aromatic carbocycles. The molecule has 1 saturated carbocycles. The van der Waals surface area contributed by atoms with Gasteiger partial charge in [0, 0.05) is 25.6 Å². The number of hydrogen-bond donors (Lipinski definition) is 1. The molecule has 1 aliphatic carbocycles. The average molecular weight is 500 g/mol. The summed E-state index contributed by atoms with van der Waals surface area (Å²) in [6.45, 7) is 2.29. The first-order valence-electron chi connectivity index (χ1n) is 12.4. The zero-order chi connectivity index (χ0) is 25.3. The maximum absolute atomic E-state index is 13.3. The van der Waals surface area contributed by atoms with Crippen LogP contribution in [0.15, 0.2) is 60.7 Å². The molecule has 3 rings (SSSR count). The molecule has 2 amide bonds. The fourth-order valence-corrected chi connectivity index (χ4v) is 5.50. The largest absolute Gasteiger partial charge is 0.352 e. The number of sulfonamides is 1. The Morgan fingerprint density at radius 1 is 0.971 bits per heavy atom. The molecule has 0 radical (unpaired) electrons. The lowest BCUT2D eigenvalue weighted by Crippen LogP contribution is -2.50. The molecular formula is C27H37N3O4S. The highest BCUT2D eigenvalue weighted by molar-refractivity contribution is 7.92. The number of amides is 2. The minimum Gasteiger partial charge on any atom is -0.352 e. The maximum atomic E-state index is 13.3. The fourth-order valence-electron chi connectivity index (χ4n) is 4.53. The maximum Gasteiger partial charge on any atom is 0.242 e. The van der Waals surface area contributed by atoms with E-state index >= 15 is 0 Å². The lowest BCUT2D eigenvalue weighted by atomic mass is 9.95. The van der Waals surface area contributed by atoms with E-state index in [1.165, 1.54) is 17.0 Å². The summed E-state index contributed by atoms with van der Waals surface area (Å²) in [5, 5.41) is 3.14. The van der Waals surface area contributed by atoms with Gasteiger partial charge in [-0.05, 0) is 43.9 Å². The third-order valence-corrected chi connectivity index (χ3v) is 7.71. The highest BCUT2D eigenvalue weighted by Gasteiger charge is 2.28. The van der Waals surface area contributed by atoms with E-state index in [4.69, 9.17) is 0 Å². The van der Waals surface area contributed by atoms with E-state index in [1.54, 1.807) is 36.1 Å². The predicted molar refractivity (Wildman–Crippen MR) is 139 cm³/mol. The summed E-state index contributed by atoms with van der Waals surface area (Å²) in [6, 6.07) is 18.0. The van der Waals surface area contributed by atoms with Gasteiger partial charge in [-0.15, -0.1) is 0 Å². The Balaban J connectivity index is 1.67. The number of benzene rings is 2. The molecule has 0 unspecified atom stereocenters. The number of nitrogens with zero attached hydrogens (tertiary/aromatic N) is 2. The minimum atomic E-state index is -3.49. The molecule has 7 nitrogen and oxygen atoms in total. The summed E-state index contributed by atoms with van der Waals surface area (Å²) in [5.74, 6) is -0.301. The van der Waals surface area contributed by atoms with Crippen LogP contribution >= 0.6 is 0 Å². The summed E-state index contributed by atoms with van der Waals surface area (Å²) < 4.78 is 26.0. The van der Waals surface area contributed by atoms with Crippen molar-refractivity contribution in [2.75, 3.05) is 17.1 Å². The van der Waals surface area contributed by atoms with Gasteiger partial charge in [-0.25, -0.2) is 8.42 Å². The van der Waals surface area contributed by atoms with Crippen molar-refractivity contribution in [3.8, 4) is 0 Å². The molecule has 0 spiro atoms. The SMILES string of the molecule is C[C@@H](C(=O)NC1CCCCC1)N(Cc1ccccc1)C(=O)CCCN(c1ccccc1)S(C)(=O)=O. The van der Waals surface area contributed by atoms with Crippen LogP contribution in [0.5, 0.6) is 0 Å². The van der Waals surface area contributed by atoms with Gasteiger partial charge < -0.3 is 10.2 Å². The Kier molecular flexibility index (Phi) is 9.72. The Morgan fingerprint density at radius 2 is 1.57 bits per heavy atom. The fraction of sp³-hybridized carbons (Fsp3) is 0.481. The number of carbonyl (C=O) groups is 2. The smallest absolute Gasteiger partial charge is 0.242 e. The summed E-state index contributed by atoms with van der Waals surface area (Å²) in [6.07, 6.45) is 7.05. The number of hydrogen-bond acceptors (Lipinski definition) is 4. The number of nitrogens with one attached hydrogen (secondary N) is 1. The van der Waals surface area contributed by atoms with Crippen LogP contribution in [0.2, 0.25) is 0 Å². The van der Waals surface area contributed by atoms with Crippen molar-refractivity contribution in [3.05, 3.63) is 66.2 Å². The molecule has 35 heavy (non-hydrogen) atoms. The van der Waals surface area contributed by atoms with Crippen LogP contribution in [-0.2, 0) is 26.2 Å². The van der Waals surface area contributed by atoms with Crippen LogP contribution < -0.4 is 9.62 Å². The van der Waals surface area contributed by atoms with Crippen molar-refractivity contribution in [2.24, 2.45) is 0 Å². The third kappa shape index (κ3) is 8.09. The molecule has 0 aromatic heterocycles. The van der Waals surface area contributed by atoms with Gasteiger partial charge in [0.15, 0.2) is 0 Å². The van der Waals surface area contributed by atoms with E-state index in [1.807, 2.05) is 36.4 Å². The van der Waals surface area contributed by atoms with Crippen molar-refractivity contribution in [1.29, 1.82) is 0 Å². The van der Waals surface area contributed by atoms with E-state index in [-0.39, 0.29) is 30.8 Å². The quantitative estimate of drug-likeness (QED) is 0.504. The molecule has 1 aliphatic rings. The number of para-hydroxylation sites is 1. The summed E-state index contributed by atoms with van der Waals surface area (Å²) in [5.41, 5.74) is 1.52. The molecule has 0 heterocycles. The number of anilines is 1. The molecule has 8 heteroatoms. The van der Waals surface area contributed by atoms with Crippen molar-refractivity contribution >= 4 is 27.5 Å². The van der Waals surface area contributed by atoms with Gasteiger partial charge in [-0.3, -0.25) is 13.9 Å². The van der Waals surface area contributed by atoms with E-state index in [0.717, 1.165) is 31.2 Å². The summed E-state index contributed by atoms with van der Waals surface area (Å²) >= 11 is 0. The van der Waals surface area contributed by atoms with E-state index in [0.29, 0.717) is 18.7 Å². The van der Waals surface area contributed by atoms with Gasteiger partial charge in [0.25, 0.3) is 0 Å². The van der Waals surface area contributed by atoms with Crippen LogP contribution in [0.4, 0.5) is 5.69 Å². The summed E-state index contributed by atoms with van der Waals surface area (Å²) in [4.78, 5) is 28.0. The number of carbonyl (C=O) groups excluding carboxylic acids is 2. The van der Waals surface area contributed by atoms with Crippen LogP contribution in [0, 0.1) is 0 Å². The Labute approximate surface area is 209 Å². The standard InChI is InChI=1S/C27H37N3O4S/c1-22(27(32)28-24-15-8-4-9-16-24)29(21-23-13-6-3-7-14-23)26(31)19-12-20-30(35(2,33)34)25-17-10-5-11-18-25/h3,5-7,10-11,13-14,17-18,22,24H,4,8-9,12,15-16,19-21H2,1-2H3,(H,28,32)/t22-/m0/s1. The first-order valence-corrected chi connectivity index (χ1v) is 14.3. The third-order valence-electron chi connectivity index (χ3n) is 6.51. The van der Waals surface area contributed by atoms with Gasteiger partial charge in [0.05, 0.1) is 11.9 Å². The lowest BCUT2D eigenvalue weighted by Gasteiger charge is -2.31. The van der Waals surface area contributed by atoms with E-state index in [2.05, 4.69) is 5.32 Å². The van der Waals surface area contributed by atoms with Crippen molar-refractivity contribution in [3.63, 3.8) is 0 Å². The Bertz CT molecular complexity index is 1050. The average Bonchev–Trinajstić information content (AvgIpc) is 2.85. The Morgan fingerprint density at radius 3 is 2.17 bits per heavy atom. The van der Waals surface area contributed by atoms with E-state index in [9.17, 15) is 18.0 Å². The predicted octanol–water partition coefficient (Wildman–Crippen LogP) is 4.10.